The normalized spacial score (nSPS) is 1.83. The number of hydrogen-bond acceptors (Lipinski definition) is 5. The average molecular weight is 371 g/mol. The minimum absolute atomic E-state index is 0. The molecule has 0 aromatic carbocycles. The molecule has 0 aromatic rings. The Hall–Kier alpha value is -1.04. The summed E-state index contributed by atoms with van der Waals surface area (Å²) in [7, 11) is 5.14. The van der Waals surface area contributed by atoms with Crippen molar-refractivity contribution in [3.05, 3.63) is 9.93 Å². The van der Waals surface area contributed by atoms with Gasteiger partial charge in [-0.15, -0.1) is 0 Å². The van der Waals surface area contributed by atoms with Crippen LogP contribution >= 0.6 is 0 Å². The second-order valence-electron chi connectivity index (χ2n) is 0.105. The van der Waals surface area contributed by atoms with Crippen LogP contribution in [0.2, 0.25) is 0 Å². The minimum atomic E-state index is -0.250. The summed E-state index contributed by atoms with van der Waals surface area (Å²) in [6, 6.07) is 0. The van der Waals surface area contributed by atoms with Crippen molar-refractivity contribution in [2.75, 3.05) is 0 Å². The zero-order chi connectivity index (χ0) is 11.4. The van der Waals surface area contributed by atoms with Gasteiger partial charge in [-0.2, -0.15) is 0 Å². The topological polar surface area (TPSA) is 244 Å². The van der Waals surface area contributed by atoms with Crippen molar-refractivity contribution < 1.29 is 42.3 Å². The molecule has 0 rings (SSSR count). The monoisotopic (exact) mass is 371 g/mol. The highest BCUT2D eigenvalue weighted by molar-refractivity contribution is 6.75. The maximum absolute atomic E-state index is 8.36. The van der Waals surface area contributed by atoms with E-state index in [0.717, 1.165) is 7.70 Å². The lowest BCUT2D eigenvalue weighted by atomic mass is 9.81. The molecule has 15 N–H and O–H groups in total. The SMILES string of the molecule is C.C.C.C.C.C.C.C.CC.O=CO.O=O.OO.[3H][B][B].[OH3+].[OH3+].[OH3+].[OH3+]. The molecule has 0 saturated carbocycles. The highest BCUT2D eigenvalue weighted by atomic mass is 17.0. The van der Waals surface area contributed by atoms with Crippen LogP contribution in [0.3, 0.4) is 0 Å². The van der Waals surface area contributed by atoms with E-state index in [2.05, 4.69) is 7.74 Å². The van der Waals surface area contributed by atoms with Crippen molar-refractivity contribution in [1.29, 1.82) is 1.34 Å². The molecule has 0 unspecified atom stereocenters. The summed E-state index contributed by atoms with van der Waals surface area (Å²) >= 11 is 0. The van der Waals surface area contributed by atoms with Gasteiger partial charge in [0.15, 0.2) is 0 Å². The third-order valence-corrected chi connectivity index (χ3v) is 0. The lowest BCUT2D eigenvalue weighted by Gasteiger charge is -1.34. The van der Waals surface area contributed by atoms with E-state index in [9.17, 15) is 0 Å². The van der Waals surface area contributed by atoms with Crippen LogP contribution < -0.4 is 0 Å². The van der Waals surface area contributed by atoms with Gasteiger partial charge >= 0.3 is 0 Å². The van der Waals surface area contributed by atoms with E-state index in [0.29, 0.717) is 0 Å². The molecular weight excluding hydrogens is 314 g/mol. The Balaban J connectivity index is -0.00000000153. The first kappa shape index (κ1) is 272. The molecule has 0 heterocycles. The van der Waals surface area contributed by atoms with Gasteiger partial charge in [0.25, 0.3) is 6.47 Å². The minimum Gasteiger partial charge on any atom is -0.483 e. The van der Waals surface area contributed by atoms with Gasteiger partial charge in [0, 0.05) is 25.4 Å². The van der Waals surface area contributed by atoms with E-state index in [1.807, 2.05) is 13.8 Å². The van der Waals surface area contributed by atoms with Crippen molar-refractivity contribution in [1.82, 2.24) is 0 Å². The summed E-state index contributed by atoms with van der Waals surface area (Å²) in [5.41, 5.74) is 0. The van der Waals surface area contributed by atoms with Crippen LogP contribution in [-0.2, 0) is 26.7 Å². The van der Waals surface area contributed by atoms with Gasteiger partial charge in [0.05, 0.1) is 0 Å². The fourth-order valence-electron chi connectivity index (χ4n) is 0. The molecule has 23 heavy (non-hydrogen) atoms. The van der Waals surface area contributed by atoms with Crippen LogP contribution in [0.15, 0.2) is 0 Å². The molecular formula is C11H55B2O10+4. The number of carbonyl (C=O) groups is 1. The van der Waals surface area contributed by atoms with E-state index < -0.39 is 0 Å². The second kappa shape index (κ2) is 5190000. The molecule has 0 spiro atoms. The van der Waals surface area contributed by atoms with Crippen LogP contribution in [0.4, 0.5) is 0 Å². The number of hydrogen-bond donors (Lipinski definition) is 3. The Bertz CT molecular complexity index is 58.0. The van der Waals surface area contributed by atoms with E-state index in [-0.39, 0.29) is 87.8 Å². The van der Waals surface area contributed by atoms with Crippen LogP contribution in [-0.4, -0.2) is 38.9 Å². The Morgan fingerprint density at radius 3 is 0.783 bits per heavy atom. The summed E-state index contributed by atoms with van der Waals surface area (Å²) in [6.07, 6.45) is 0. The van der Waals surface area contributed by atoms with E-state index in [4.69, 9.17) is 31.7 Å². The molecule has 10 nitrogen and oxygen atoms in total. The molecule has 0 saturated heterocycles. The summed E-state index contributed by atoms with van der Waals surface area (Å²) in [5, 5.41) is 18.9. The van der Waals surface area contributed by atoms with Gasteiger partial charge in [0.1, 0.15) is 0 Å². The quantitative estimate of drug-likeness (QED) is 0.185. The maximum Gasteiger partial charge on any atom is 0.290 e. The Labute approximate surface area is 149 Å². The van der Waals surface area contributed by atoms with Crippen molar-refractivity contribution in [3.63, 3.8) is 0 Å². The third kappa shape index (κ3) is 6960. The molecule has 0 fully saturated rings. The van der Waals surface area contributed by atoms with Crippen LogP contribution in [0.5, 0.6) is 0 Å². The van der Waals surface area contributed by atoms with Crippen LogP contribution in [0.25, 0.3) is 0 Å². The average Bonchev–Trinajstić information content (AvgIpc) is 2.16. The van der Waals surface area contributed by atoms with Gasteiger partial charge in [-0.25, -0.2) is 0 Å². The fourth-order valence-corrected chi connectivity index (χ4v) is 0. The van der Waals surface area contributed by atoms with Crippen LogP contribution in [0, 0.1) is 9.93 Å². The summed E-state index contributed by atoms with van der Waals surface area (Å²) in [5.74, 6) is 0. The Kier molecular flexibility index (Phi) is 61200000. The fraction of sp³-hybridized carbons (Fsp3) is 0.909. The molecule has 0 aromatic heterocycles. The lowest BCUT2D eigenvalue weighted by molar-refractivity contribution is -0.176. The molecule has 161 valence electrons. The maximum atomic E-state index is 8.36. The largest absolute Gasteiger partial charge is 0.483 e. The van der Waals surface area contributed by atoms with Gasteiger partial charge in [-0.05, 0) is 1.34 Å². The van der Waals surface area contributed by atoms with Gasteiger partial charge < -0.3 is 27.0 Å². The Morgan fingerprint density at radius 1 is 0.783 bits per heavy atom. The Morgan fingerprint density at radius 2 is 0.783 bits per heavy atom. The number of carboxylic acid groups (broad SMARTS) is 1. The van der Waals surface area contributed by atoms with Crippen molar-refractivity contribution >= 4 is 21.9 Å². The van der Waals surface area contributed by atoms with Gasteiger partial charge in [-0.1, -0.05) is 73.3 Å². The predicted octanol–water partition coefficient (Wildman–Crippen LogP) is 1.18. The molecule has 12 heteroatoms. The molecule has 0 amide bonds. The highest BCUT2D eigenvalue weighted by Crippen LogP contribution is 1.14. The zero-order valence-electron chi connectivity index (χ0n) is 9.61. The van der Waals surface area contributed by atoms with Crippen molar-refractivity contribution in [2.45, 2.75) is 73.3 Å². The molecule has 0 aliphatic carbocycles. The standard InChI is InChI=1S/C2H6.CH2O2.8CH4.B2H.H2O2.O2.4H2O/c1-2;2-1-3;;;;;;;;;3*1-2;;;;/h1-2H3;1H,(H,2,3);8*1H4;1H;1-2H;;4*1H2/p+4/i;;;;;;;;;;1T;;;;;;. The first-order valence-corrected chi connectivity index (χ1v) is 2.19. The smallest absolute Gasteiger partial charge is 0.290 e. The van der Waals surface area contributed by atoms with E-state index >= 15 is 0 Å². The van der Waals surface area contributed by atoms with Gasteiger partial charge in [0.2, 0.25) is 0 Å². The van der Waals surface area contributed by atoms with Crippen LogP contribution in [0.1, 0.15) is 73.3 Å². The van der Waals surface area contributed by atoms with Crippen molar-refractivity contribution in [2.24, 2.45) is 0 Å². The highest BCUT2D eigenvalue weighted by Gasteiger charge is 1.22. The lowest BCUT2D eigenvalue weighted by Crippen LogP contribution is -1.49. The molecule has 0 atom stereocenters. The molecule has 0 aliphatic heterocycles. The third-order valence-electron chi connectivity index (χ3n) is 0. The zero-order valence-corrected chi connectivity index (χ0v) is 8.61. The predicted molar refractivity (Wildman–Crippen MR) is 118 cm³/mol. The van der Waals surface area contributed by atoms with E-state index in [1.54, 1.807) is 0 Å². The van der Waals surface area contributed by atoms with E-state index in [1.165, 1.54) is 0 Å². The summed E-state index contributed by atoms with van der Waals surface area (Å²) in [6.45, 7) is 3.75. The number of rotatable bonds is 0. The second-order valence-corrected chi connectivity index (χ2v) is 0.105. The van der Waals surface area contributed by atoms with Crippen molar-refractivity contribution in [3.8, 4) is 0 Å². The molecule has 3 radical (unpaired) electrons. The first-order valence-electron chi connectivity index (χ1n) is 2.77. The summed E-state index contributed by atoms with van der Waals surface area (Å²) in [4.78, 5) is 22.4. The summed E-state index contributed by atoms with van der Waals surface area (Å²) < 4.78 is 5.86. The van der Waals surface area contributed by atoms with Gasteiger partial charge in [-0.3, -0.25) is 15.3 Å². The molecule has 0 aliphatic rings. The first-order chi connectivity index (χ1) is 5.83. The molecule has 0 bridgehead atoms.